The summed E-state index contributed by atoms with van der Waals surface area (Å²) in [6.07, 6.45) is 1.31. The first kappa shape index (κ1) is 8.06. The smallest absolute Gasteiger partial charge is 0.230 e. The Morgan fingerprint density at radius 2 is 2.31 bits per heavy atom. The molecular weight excluding hydrogens is 194 g/mol. The van der Waals surface area contributed by atoms with Crippen LogP contribution in [0, 0.1) is 4.91 Å². The van der Waals surface area contributed by atoms with E-state index < -0.39 is 0 Å². The van der Waals surface area contributed by atoms with Crippen LogP contribution in [0.2, 0.25) is 5.15 Å². The fourth-order valence-electron chi connectivity index (χ4n) is 1.10. The summed E-state index contributed by atoms with van der Waals surface area (Å²) >= 11 is 5.75. The largest absolute Gasteiger partial charge is 0.248 e. The predicted molar refractivity (Wildman–Crippen MR) is 46.8 cm³/mol. The number of hydrogen-bond donors (Lipinski definition) is 0. The molecule has 0 radical (unpaired) electrons. The van der Waals surface area contributed by atoms with Crippen LogP contribution in [-0.2, 0) is 7.05 Å². The third-order valence-corrected chi connectivity index (χ3v) is 1.93. The molecule has 2 aromatic heterocycles. The molecule has 0 atom stereocenters. The van der Waals surface area contributed by atoms with Crippen molar-refractivity contribution >= 4 is 28.5 Å². The topological polar surface area (TPSA) is 73.0 Å². The van der Waals surface area contributed by atoms with Crippen LogP contribution in [-0.4, -0.2) is 19.7 Å². The van der Waals surface area contributed by atoms with Crippen molar-refractivity contribution in [3.63, 3.8) is 0 Å². The Morgan fingerprint density at radius 1 is 1.54 bits per heavy atom. The second-order valence-corrected chi connectivity index (χ2v) is 2.76. The van der Waals surface area contributed by atoms with Gasteiger partial charge < -0.3 is 0 Å². The standard InChI is InChI=1S/C6H4ClN5O/c1-12-6-3(5(10-12)11-13)4(7)8-2-9-6/h2H,1H3. The lowest BCUT2D eigenvalue weighted by Gasteiger charge is -1.91. The molecule has 2 aromatic rings. The average Bonchev–Trinajstić information content (AvgIpc) is 2.45. The highest BCUT2D eigenvalue weighted by Crippen LogP contribution is 2.27. The minimum absolute atomic E-state index is 0.0168. The minimum atomic E-state index is 0.0168. The Labute approximate surface area is 77.5 Å². The molecule has 0 aliphatic carbocycles. The van der Waals surface area contributed by atoms with Crippen LogP contribution in [0.1, 0.15) is 0 Å². The molecule has 0 aliphatic rings. The number of rotatable bonds is 1. The first-order chi connectivity index (χ1) is 6.24. The van der Waals surface area contributed by atoms with Crippen LogP contribution in [0.4, 0.5) is 5.82 Å². The summed E-state index contributed by atoms with van der Waals surface area (Å²) in [5.74, 6) is 0.0168. The van der Waals surface area contributed by atoms with Crippen molar-refractivity contribution in [3.05, 3.63) is 16.4 Å². The van der Waals surface area contributed by atoms with Crippen molar-refractivity contribution in [2.75, 3.05) is 0 Å². The summed E-state index contributed by atoms with van der Waals surface area (Å²) < 4.78 is 1.43. The third kappa shape index (κ3) is 1.06. The Kier molecular flexibility index (Phi) is 1.70. The van der Waals surface area contributed by atoms with Gasteiger partial charge in [-0.25, -0.2) is 14.6 Å². The van der Waals surface area contributed by atoms with Gasteiger partial charge in [-0.3, -0.25) is 0 Å². The molecule has 0 fully saturated rings. The van der Waals surface area contributed by atoms with E-state index >= 15 is 0 Å². The maximum Gasteiger partial charge on any atom is 0.230 e. The van der Waals surface area contributed by atoms with Gasteiger partial charge in [0.1, 0.15) is 16.9 Å². The van der Waals surface area contributed by atoms with Gasteiger partial charge in [0.05, 0.1) is 0 Å². The molecule has 0 aromatic carbocycles. The fourth-order valence-corrected chi connectivity index (χ4v) is 1.31. The average molecular weight is 198 g/mol. The van der Waals surface area contributed by atoms with E-state index in [0.717, 1.165) is 0 Å². The molecule has 0 bridgehead atoms. The lowest BCUT2D eigenvalue weighted by atomic mass is 10.4. The van der Waals surface area contributed by atoms with Crippen LogP contribution < -0.4 is 0 Å². The maximum atomic E-state index is 10.3. The molecular formula is C6H4ClN5O. The monoisotopic (exact) mass is 197 g/mol. The molecule has 13 heavy (non-hydrogen) atoms. The van der Waals surface area contributed by atoms with Crippen molar-refractivity contribution in [2.45, 2.75) is 0 Å². The molecule has 0 unspecified atom stereocenters. The lowest BCUT2D eigenvalue weighted by Crippen LogP contribution is -1.91. The number of aromatic nitrogens is 4. The molecule has 0 amide bonds. The van der Waals surface area contributed by atoms with Crippen LogP contribution in [0.25, 0.3) is 11.0 Å². The van der Waals surface area contributed by atoms with Crippen molar-refractivity contribution in [1.82, 2.24) is 19.7 Å². The van der Waals surface area contributed by atoms with Gasteiger partial charge in [0, 0.05) is 7.05 Å². The zero-order valence-electron chi connectivity index (χ0n) is 6.60. The van der Waals surface area contributed by atoms with E-state index in [-0.39, 0.29) is 11.0 Å². The van der Waals surface area contributed by atoms with Crippen LogP contribution >= 0.6 is 11.6 Å². The minimum Gasteiger partial charge on any atom is -0.248 e. The Balaban J connectivity index is 2.96. The number of nitroso groups, excluding NO2 is 1. The van der Waals surface area contributed by atoms with Gasteiger partial charge >= 0.3 is 0 Å². The summed E-state index contributed by atoms with van der Waals surface area (Å²) in [5.41, 5.74) is 0.495. The molecule has 0 spiro atoms. The highest BCUT2D eigenvalue weighted by Gasteiger charge is 2.13. The summed E-state index contributed by atoms with van der Waals surface area (Å²) in [6.45, 7) is 0. The number of aryl methyl sites for hydroxylation is 1. The quantitative estimate of drug-likeness (QED) is 0.512. The highest BCUT2D eigenvalue weighted by molar-refractivity contribution is 6.34. The van der Waals surface area contributed by atoms with Gasteiger partial charge in [-0.2, -0.15) is 0 Å². The van der Waals surface area contributed by atoms with Crippen LogP contribution in [0.3, 0.4) is 0 Å². The number of fused-ring (bicyclic) bond motifs is 1. The van der Waals surface area contributed by atoms with Gasteiger partial charge in [0.15, 0.2) is 5.65 Å². The van der Waals surface area contributed by atoms with Gasteiger partial charge in [-0.05, 0) is 5.18 Å². The van der Waals surface area contributed by atoms with Gasteiger partial charge in [-0.1, -0.05) is 11.6 Å². The van der Waals surface area contributed by atoms with E-state index in [1.807, 2.05) is 0 Å². The summed E-state index contributed by atoms with van der Waals surface area (Å²) in [6, 6.07) is 0. The van der Waals surface area contributed by atoms with Crippen molar-refractivity contribution in [1.29, 1.82) is 0 Å². The first-order valence-electron chi connectivity index (χ1n) is 3.40. The van der Waals surface area contributed by atoms with E-state index in [0.29, 0.717) is 11.0 Å². The number of halogens is 1. The van der Waals surface area contributed by atoms with E-state index in [9.17, 15) is 4.91 Å². The fraction of sp³-hybridized carbons (Fsp3) is 0.167. The molecule has 0 saturated carbocycles. The maximum absolute atomic E-state index is 10.3. The van der Waals surface area contributed by atoms with Crippen molar-refractivity contribution < 1.29 is 0 Å². The highest BCUT2D eigenvalue weighted by atomic mass is 35.5. The molecule has 2 heterocycles. The summed E-state index contributed by atoms with van der Waals surface area (Å²) in [5, 5.41) is 7.13. The van der Waals surface area contributed by atoms with E-state index in [1.54, 1.807) is 7.05 Å². The summed E-state index contributed by atoms with van der Waals surface area (Å²) in [4.78, 5) is 18.0. The normalized spacial score (nSPS) is 10.6. The third-order valence-electron chi connectivity index (χ3n) is 1.64. The van der Waals surface area contributed by atoms with E-state index in [4.69, 9.17) is 11.6 Å². The first-order valence-corrected chi connectivity index (χ1v) is 3.78. The zero-order valence-corrected chi connectivity index (χ0v) is 7.36. The molecule has 0 saturated heterocycles. The molecule has 2 rings (SSSR count). The van der Waals surface area contributed by atoms with Crippen molar-refractivity contribution in [3.8, 4) is 0 Å². The molecule has 7 heteroatoms. The Hall–Kier alpha value is -1.56. The van der Waals surface area contributed by atoms with Gasteiger partial charge in [-0.15, -0.1) is 10.0 Å². The van der Waals surface area contributed by atoms with E-state index in [1.165, 1.54) is 11.0 Å². The lowest BCUT2D eigenvalue weighted by molar-refractivity contribution is 0.786. The Bertz CT molecular complexity index is 479. The second kappa shape index (κ2) is 2.74. The number of nitrogens with zero attached hydrogens (tertiary/aromatic N) is 5. The van der Waals surface area contributed by atoms with Gasteiger partial charge in [0.25, 0.3) is 0 Å². The van der Waals surface area contributed by atoms with Gasteiger partial charge in [0.2, 0.25) is 5.82 Å². The SMILES string of the molecule is Cn1nc(N=O)c2c(Cl)ncnc21. The molecule has 0 N–H and O–H groups in total. The van der Waals surface area contributed by atoms with E-state index in [2.05, 4.69) is 20.2 Å². The molecule has 6 nitrogen and oxygen atoms in total. The zero-order chi connectivity index (χ0) is 9.42. The predicted octanol–water partition coefficient (Wildman–Crippen LogP) is 1.41. The van der Waals surface area contributed by atoms with Crippen LogP contribution in [0.15, 0.2) is 11.5 Å². The summed E-state index contributed by atoms with van der Waals surface area (Å²) in [7, 11) is 1.65. The number of hydrogen-bond acceptors (Lipinski definition) is 5. The second-order valence-electron chi connectivity index (χ2n) is 2.40. The Morgan fingerprint density at radius 3 is 3.00 bits per heavy atom. The van der Waals surface area contributed by atoms with Crippen molar-refractivity contribution in [2.24, 2.45) is 12.2 Å². The molecule has 0 aliphatic heterocycles. The van der Waals surface area contributed by atoms with Crippen LogP contribution in [0.5, 0.6) is 0 Å². The molecule has 66 valence electrons.